The maximum atomic E-state index is 11.4. The van der Waals surface area contributed by atoms with Gasteiger partial charge in [0.15, 0.2) is 6.61 Å². The highest BCUT2D eigenvalue weighted by atomic mass is 32.1. The van der Waals surface area contributed by atoms with Crippen molar-refractivity contribution in [2.24, 2.45) is 0 Å². The molecule has 1 rings (SSSR count). The second-order valence-electron chi connectivity index (χ2n) is 3.09. The van der Waals surface area contributed by atoms with Crippen molar-refractivity contribution in [1.29, 1.82) is 0 Å². The molecule has 2 N–H and O–H groups in total. The lowest BCUT2D eigenvalue weighted by Crippen LogP contribution is -2.43. The Morgan fingerprint density at radius 1 is 1.39 bits per heavy atom. The summed E-state index contributed by atoms with van der Waals surface area (Å²) in [5.74, 6) is -1.65. The topological polar surface area (TPSA) is 84.5 Å². The number of allylic oxidation sites excluding steroid dienone is 1. The van der Waals surface area contributed by atoms with Crippen molar-refractivity contribution in [3.63, 3.8) is 0 Å². The lowest BCUT2D eigenvalue weighted by Gasteiger charge is -2.05. The van der Waals surface area contributed by atoms with Crippen LogP contribution in [0.2, 0.25) is 0 Å². The molecular formula is C11H12N2O4S. The van der Waals surface area contributed by atoms with Crippen LogP contribution in [-0.2, 0) is 14.3 Å². The molecule has 0 aliphatic rings. The maximum Gasteiger partial charge on any atom is 0.330 e. The van der Waals surface area contributed by atoms with Gasteiger partial charge in [-0.3, -0.25) is 20.4 Å². The Morgan fingerprint density at radius 2 is 2.17 bits per heavy atom. The Balaban J connectivity index is 2.25. The van der Waals surface area contributed by atoms with Crippen LogP contribution in [0.25, 0.3) is 0 Å². The molecule has 7 heteroatoms. The van der Waals surface area contributed by atoms with Gasteiger partial charge in [0.05, 0.1) is 4.88 Å². The highest BCUT2D eigenvalue weighted by molar-refractivity contribution is 7.12. The van der Waals surface area contributed by atoms with Crippen LogP contribution in [0.15, 0.2) is 29.7 Å². The number of rotatable bonds is 4. The summed E-state index contributed by atoms with van der Waals surface area (Å²) in [4.78, 5) is 34.0. The average molecular weight is 268 g/mol. The second kappa shape index (κ2) is 7.23. The van der Waals surface area contributed by atoms with E-state index in [4.69, 9.17) is 0 Å². The van der Waals surface area contributed by atoms with Crippen molar-refractivity contribution in [3.8, 4) is 0 Å². The van der Waals surface area contributed by atoms with E-state index in [2.05, 4.69) is 15.6 Å². The van der Waals surface area contributed by atoms with E-state index in [1.165, 1.54) is 23.5 Å². The predicted octanol–water partition coefficient (Wildman–Crippen LogP) is 0.628. The van der Waals surface area contributed by atoms with E-state index in [-0.39, 0.29) is 0 Å². The molecule has 0 bridgehead atoms. The molecule has 0 unspecified atom stereocenters. The Bertz CT molecular complexity index is 454. The van der Waals surface area contributed by atoms with Crippen LogP contribution in [0.3, 0.4) is 0 Å². The minimum atomic E-state index is -0.614. The van der Waals surface area contributed by atoms with Crippen molar-refractivity contribution in [3.05, 3.63) is 34.5 Å². The van der Waals surface area contributed by atoms with Crippen LogP contribution in [0.1, 0.15) is 16.6 Å². The van der Waals surface area contributed by atoms with E-state index in [9.17, 15) is 14.4 Å². The molecule has 0 saturated heterocycles. The Kier molecular flexibility index (Phi) is 5.59. The van der Waals surface area contributed by atoms with Crippen LogP contribution in [0, 0.1) is 0 Å². The third-order valence-electron chi connectivity index (χ3n) is 1.71. The molecule has 0 spiro atoms. The lowest BCUT2D eigenvalue weighted by molar-refractivity contribution is -0.144. The average Bonchev–Trinajstić information content (AvgIpc) is 2.87. The largest absolute Gasteiger partial charge is 0.452 e. The third kappa shape index (κ3) is 4.79. The first-order valence-electron chi connectivity index (χ1n) is 5.05. The van der Waals surface area contributed by atoms with Gasteiger partial charge in [0.1, 0.15) is 0 Å². The van der Waals surface area contributed by atoms with Gasteiger partial charge in [0.2, 0.25) is 0 Å². The molecule has 0 aliphatic carbocycles. The number of carbonyl (C=O) groups is 3. The zero-order valence-electron chi connectivity index (χ0n) is 9.64. The standard InChI is InChI=1S/C11H12N2O4S/c1-2-4-10(15)17-7-9(14)12-13-11(16)8-5-3-6-18-8/h2-6H,7H2,1H3,(H,12,14)(H,13,16). The molecule has 0 radical (unpaired) electrons. The van der Waals surface area contributed by atoms with E-state index in [0.29, 0.717) is 4.88 Å². The number of hydrogen-bond donors (Lipinski definition) is 2. The number of hydrazine groups is 1. The number of hydrogen-bond acceptors (Lipinski definition) is 5. The van der Waals surface area contributed by atoms with Crippen molar-refractivity contribution in [2.45, 2.75) is 6.92 Å². The van der Waals surface area contributed by atoms with Gasteiger partial charge in [-0.1, -0.05) is 12.1 Å². The molecule has 0 saturated carbocycles. The van der Waals surface area contributed by atoms with Crippen LogP contribution in [-0.4, -0.2) is 24.4 Å². The van der Waals surface area contributed by atoms with Gasteiger partial charge in [-0.15, -0.1) is 11.3 Å². The number of carbonyl (C=O) groups excluding carboxylic acids is 3. The summed E-state index contributed by atoms with van der Waals surface area (Å²) in [6, 6.07) is 3.35. The van der Waals surface area contributed by atoms with Crippen molar-refractivity contribution >= 4 is 29.1 Å². The molecule has 1 aromatic heterocycles. The molecule has 1 aromatic rings. The summed E-state index contributed by atoms with van der Waals surface area (Å²) in [5, 5.41) is 1.75. The van der Waals surface area contributed by atoms with Gasteiger partial charge in [-0.05, 0) is 18.4 Å². The second-order valence-corrected chi connectivity index (χ2v) is 4.04. The Hall–Kier alpha value is -2.15. The van der Waals surface area contributed by atoms with E-state index in [0.717, 1.165) is 0 Å². The SMILES string of the molecule is CC=CC(=O)OCC(=O)NNC(=O)c1cccs1. The monoisotopic (exact) mass is 268 g/mol. The fourth-order valence-electron chi connectivity index (χ4n) is 0.953. The van der Waals surface area contributed by atoms with Gasteiger partial charge in [0, 0.05) is 6.08 Å². The Morgan fingerprint density at radius 3 is 2.78 bits per heavy atom. The minimum Gasteiger partial charge on any atom is -0.452 e. The van der Waals surface area contributed by atoms with E-state index < -0.39 is 24.4 Å². The first-order valence-corrected chi connectivity index (χ1v) is 5.93. The molecule has 0 aliphatic heterocycles. The van der Waals surface area contributed by atoms with Gasteiger partial charge < -0.3 is 4.74 Å². The molecular weight excluding hydrogens is 256 g/mol. The highest BCUT2D eigenvalue weighted by Gasteiger charge is 2.08. The van der Waals surface area contributed by atoms with Crippen LogP contribution >= 0.6 is 11.3 Å². The number of thiophene rings is 1. The van der Waals surface area contributed by atoms with Crippen LogP contribution in [0.4, 0.5) is 0 Å². The fourth-order valence-corrected chi connectivity index (χ4v) is 1.57. The summed E-state index contributed by atoms with van der Waals surface area (Å²) in [6.45, 7) is 1.20. The van der Waals surface area contributed by atoms with Crippen LogP contribution in [0.5, 0.6) is 0 Å². The van der Waals surface area contributed by atoms with E-state index in [1.54, 1.807) is 24.4 Å². The molecule has 0 aromatic carbocycles. The molecule has 1 heterocycles. The normalized spacial score (nSPS) is 10.1. The summed E-state index contributed by atoms with van der Waals surface area (Å²) in [5.41, 5.74) is 4.34. The number of ether oxygens (including phenoxy) is 1. The summed E-state index contributed by atoms with van der Waals surface area (Å²) in [6.07, 6.45) is 2.69. The quantitative estimate of drug-likeness (QED) is 0.476. The molecule has 2 amide bonds. The number of amides is 2. The smallest absolute Gasteiger partial charge is 0.330 e. The van der Waals surface area contributed by atoms with Crippen LogP contribution < -0.4 is 10.9 Å². The molecule has 0 atom stereocenters. The zero-order chi connectivity index (χ0) is 13.4. The first-order chi connectivity index (χ1) is 8.63. The van der Waals surface area contributed by atoms with Gasteiger partial charge in [-0.25, -0.2) is 4.79 Å². The van der Waals surface area contributed by atoms with E-state index in [1.807, 2.05) is 0 Å². The zero-order valence-corrected chi connectivity index (χ0v) is 10.5. The lowest BCUT2D eigenvalue weighted by atomic mass is 10.4. The van der Waals surface area contributed by atoms with Crippen molar-refractivity contribution < 1.29 is 19.1 Å². The number of nitrogens with one attached hydrogen (secondary N) is 2. The summed E-state index contributed by atoms with van der Waals surface area (Å²) >= 11 is 1.25. The van der Waals surface area contributed by atoms with Crippen molar-refractivity contribution in [1.82, 2.24) is 10.9 Å². The van der Waals surface area contributed by atoms with Gasteiger partial charge in [0.25, 0.3) is 11.8 Å². The third-order valence-corrected chi connectivity index (χ3v) is 2.58. The van der Waals surface area contributed by atoms with Crippen molar-refractivity contribution in [2.75, 3.05) is 6.61 Å². The Labute approximate surface area is 108 Å². The molecule has 6 nitrogen and oxygen atoms in total. The number of esters is 1. The molecule has 0 fully saturated rings. The first kappa shape index (κ1) is 13.9. The minimum absolute atomic E-state index is 0.418. The highest BCUT2D eigenvalue weighted by Crippen LogP contribution is 2.06. The summed E-state index contributed by atoms with van der Waals surface area (Å²) < 4.78 is 4.58. The maximum absolute atomic E-state index is 11.4. The van der Waals surface area contributed by atoms with E-state index >= 15 is 0 Å². The van der Waals surface area contributed by atoms with Gasteiger partial charge in [-0.2, -0.15) is 0 Å². The predicted molar refractivity (Wildman–Crippen MR) is 65.7 cm³/mol. The fraction of sp³-hybridized carbons (Fsp3) is 0.182. The molecule has 96 valence electrons. The van der Waals surface area contributed by atoms with Gasteiger partial charge >= 0.3 is 5.97 Å². The molecule has 18 heavy (non-hydrogen) atoms. The summed E-state index contributed by atoms with van der Waals surface area (Å²) in [7, 11) is 0.